The van der Waals surface area contributed by atoms with Gasteiger partial charge in [0.05, 0.1) is 5.56 Å². The fourth-order valence-corrected chi connectivity index (χ4v) is 4.75. The van der Waals surface area contributed by atoms with Gasteiger partial charge in [-0.15, -0.1) is 6.42 Å². The topological polar surface area (TPSA) is 19.0 Å². The minimum Gasteiger partial charge on any atom is -0.357 e. The predicted molar refractivity (Wildman–Crippen MR) is 109 cm³/mol. The average Bonchev–Trinajstić information content (AvgIpc) is 3.07. The second-order valence-electron chi connectivity index (χ2n) is 7.67. The number of terminal acetylenes is 1. The Kier molecular flexibility index (Phi) is 4.34. The van der Waals surface area contributed by atoms with Gasteiger partial charge in [-0.1, -0.05) is 54.5 Å². The van der Waals surface area contributed by atoms with E-state index < -0.39 is 0 Å². The highest BCUT2D eigenvalue weighted by atomic mass is 15.1. The first-order chi connectivity index (χ1) is 12.7. The molecule has 1 aromatic heterocycles. The summed E-state index contributed by atoms with van der Waals surface area (Å²) in [6, 6.07) is 19.3. The minimum absolute atomic E-state index is 0.125. The van der Waals surface area contributed by atoms with Crippen LogP contribution in [0.4, 0.5) is 0 Å². The third kappa shape index (κ3) is 2.64. The van der Waals surface area contributed by atoms with Crippen LogP contribution in [0.15, 0.2) is 54.6 Å². The molecule has 1 fully saturated rings. The standard InChI is InChI=1S/C24H26N2/c1-4-20-21-12-8-9-13-22(21)25-23(20)18-14-16-24(17-15-18,26(2)3)19-10-6-5-7-11-19/h1,5-13,18,25H,14-17H2,2-3H3. The molecule has 2 nitrogen and oxygen atoms in total. The van der Waals surface area contributed by atoms with E-state index in [0.717, 1.165) is 36.8 Å². The van der Waals surface area contributed by atoms with Crippen molar-refractivity contribution in [3.05, 3.63) is 71.4 Å². The van der Waals surface area contributed by atoms with Crippen molar-refractivity contribution in [2.45, 2.75) is 37.1 Å². The molecule has 0 atom stereocenters. The molecular formula is C24H26N2. The number of benzene rings is 2. The van der Waals surface area contributed by atoms with Crippen LogP contribution in [0.5, 0.6) is 0 Å². The number of para-hydroxylation sites is 1. The Morgan fingerprint density at radius 1 is 1.00 bits per heavy atom. The van der Waals surface area contributed by atoms with Gasteiger partial charge >= 0.3 is 0 Å². The van der Waals surface area contributed by atoms with Gasteiger partial charge in [0.1, 0.15) is 0 Å². The lowest BCUT2D eigenvalue weighted by molar-refractivity contribution is 0.0904. The fourth-order valence-electron chi connectivity index (χ4n) is 4.75. The van der Waals surface area contributed by atoms with Crippen LogP contribution in [-0.4, -0.2) is 24.0 Å². The zero-order valence-corrected chi connectivity index (χ0v) is 15.6. The number of hydrogen-bond donors (Lipinski definition) is 1. The third-order valence-corrected chi connectivity index (χ3v) is 6.27. The maximum Gasteiger partial charge on any atom is 0.0531 e. The molecule has 2 aromatic carbocycles. The van der Waals surface area contributed by atoms with Crippen molar-refractivity contribution in [3.8, 4) is 12.3 Å². The van der Waals surface area contributed by atoms with E-state index in [9.17, 15) is 0 Å². The molecule has 26 heavy (non-hydrogen) atoms. The first-order valence-corrected chi connectivity index (χ1v) is 9.46. The first-order valence-electron chi connectivity index (χ1n) is 9.46. The van der Waals surface area contributed by atoms with Crippen molar-refractivity contribution in [1.29, 1.82) is 0 Å². The number of aromatic nitrogens is 1. The normalized spacial score (nSPS) is 23.2. The van der Waals surface area contributed by atoms with Gasteiger partial charge in [0.25, 0.3) is 0 Å². The Hall–Kier alpha value is -2.50. The predicted octanol–water partition coefficient (Wildman–Crippen LogP) is 5.26. The zero-order valence-electron chi connectivity index (χ0n) is 15.6. The van der Waals surface area contributed by atoms with Crippen LogP contribution in [-0.2, 0) is 5.54 Å². The largest absolute Gasteiger partial charge is 0.357 e. The minimum atomic E-state index is 0.125. The molecule has 1 saturated carbocycles. The lowest BCUT2D eigenvalue weighted by Crippen LogP contribution is -2.44. The van der Waals surface area contributed by atoms with Crippen LogP contribution in [0.1, 0.15) is 48.4 Å². The summed E-state index contributed by atoms with van der Waals surface area (Å²) < 4.78 is 0. The van der Waals surface area contributed by atoms with Crippen LogP contribution in [0.3, 0.4) is 0 Å². The van der Waals surface area contributed by atoms with Gasteiger partial charge in [0.15, 0.2) is 0 Å². The Bertz CT molecular complexity index is 935. The van der Waals surface area contributed by atoms with Gasteiger partial charge in [-0.3, -0.25) is 4.90 Å². The van der Waals surface area contributed by atoms with Gasteiger partial charge in [-0.05, 0) is 51.4 Å². The van der Waals surface area contributed by atoms with E-state index in [0.29, 0.717) is 5.92 Å². The Balaban J connectivity index is 1.65. The van der Waals surface area contributed by atoms with E-state index in [4.69, 9.17) is 6.42 Å². The lowest BCUT2D eigenvalue weighted by Gasteiger charge is -2.45. The number of fused-ring (bicyclic) bond motifs is 1. The molecule has 2 heteroatoms. The molecule has 0 spiro atoms. The SMILES string of the molecule is C#Cc1c(C2CCC(c3ccccc3)(N(C)C)CC2)[nH]c2ccccc12. The summed E-state index contributed by atoms with van der Waals surface area (Å²) in [6.45, 7) is 0. The quantitative estimate of drug-likeness (QED) is 0.643. The number of nitrogens with zero attached hydrogens (tertiary/aromatic N) is 1. The van der Waals surface area contributed by atoms with Crippen LogP contribution < -0.4 is 0 Å². The molecule has 1 aliphatic carbocycles. The van der Waals surface area contributed by atoms with Gasteiger partial charge in [-0.25, -0.2) is 0 Å². The van der Waals surface area contributed by atoms with Gasteiger partial charge in [-0.2, -0.15) is 0 Å². The third-order valence-electron chi connectivity index (χ3n) is 6.27. The maximum atomic E-state index is 5.88. The Labute approximate surface area is 156 Å². The van der Waals surface area contributed by atoms with Crippen LogP contribution in [0.2, 0.25) is 0 Å². The van der Waals surface area contributed by atoms with Crippen LogP contribution in [0, 0.1) is 12.3 Å². The van der Waals surface area contributed by atoms with E-state index in [1.54, 1.807) is 0 Å². The van der Waals surface area contributed by atoms with Crippen molar-refractivity contribution in [3.63, 3.8) is 0 Å². The molecule has 3 aromatic rings. The van der Waals surface area contributed by atoms with E-state index in [1.165, 1.54) is 16.6 Å². The summed E-state index contributed by atoms with van der Waals surface area (Å²) in [4.78, 5) is 6.03. The lowest BCUT2D eigenvalue weighted by atomic mass is 9.71. The van der Waals surface area contributed by atoms with Crippen molar-refractivity contribution in [2.24, 2.45) is 0 Å². The number of aromatic amines is 1. The summed E-state index contributed by atoms with van der Waals surface area (Å²) in [5, 5.41) is 1.18. The maximum absolute atomic E-state index is 5.88. The summed E-state index contributed by atoms with van der Waals surface area (Å²) in [7, 11) is 4.42. The van der Waals surface area contributed by atoms with Crippen LogP contribution >= 0.6 is 0 Å². The molecular weight excluding hydrogens is 316 g/mol. The summed E-state index contributed by atoms with van der Waals surface area (Å²) in [5.41, 5.74) is 5.03. The van der Waals surface area contributed by atoms with E-state index >= 15 is 0 Å². The Morgan fingerprint density at radius 2 is 1.65 bits per heavy atom. The molecule has 1 aliphatic rings. The van der Waals surface area contributed by atoms with Crippen molar-refractivity contribution in [2.75, 3.05) is 14.1 Å². The molecule has 0 bridgehead atoms. The summed E-state index contributed by atoms with van der Waals surface area (Å²) >= 11 is 0. The van der Waals surface area contributed by atoms with E-state index in [1.807, 2.05) is 0 Å². The van der Waals surface area contributed by atoms with E-state index in [2.05, 4.69) is 84.5 Å². The number of H-pyrrole nitrogens is 1. The molecule has 0 saturated heterocycles. The highest BCUT2D eigenvalue weighted by molar-refractivity contribution is 5.87. The van der Waals surface area contributed by atoms with Gasteiger partial charge in [0.2, 0.25) is 0 Å². The molecule has 132 valence electrons. The molecule has 0 radical (unpaired) electrons. The first kappa shape index (κ1) is 16.9. The summed E-state index contributed by atoms with van der Waals surface area (Å²) in [5.74, 6) is 3.45. The Morgan fingerprint density at radius 3 is 2.31 bits per heavy atom. The molecule has 1 N–H and O–H groups in total. The average molecular weight is 342 g/mol. The molecule has 4 rings (SSSR count). The zero-order chi connectivity index (χ0) is 18.1. The van der Waals surface area contributed by atoms with Gasteiger partial charge in [0, 0.05) is 28.1 Å². The number of rotatable bonds is 3. The molecule has 1 heterocycles. The second kappa shape index (κ2) is 6.67. The molecule has 0 amide bonds. The fraction of sp³-hybridized carbons (Fsp3) is 0.333. The molecule has 0 aliphatic heterocycles. The van der Waals surface area contributed by atoms with Crippen molar-refractivity contribution < 1.29 is 0 Å². The van der Waals surface area contributed by atoms with Crippen molar-refractivity contribution >= 4 is 10.9 Å². The van der Waals surface area contributed by atoms with Crippen molar-refractivity contribution in [1.82, 2.24) is 9.88 Å². The highest BCUT2D eigenvalue weighted by Crippen LogP contribution is 2.47. The smallest absolute Gasteiger partial charge is 0.0531 e. The highest BCUT2D eigenvalue weighted by Gasteiger charge is 2.39. The van der Waals surface area contributed by atoms with E-state index in [-0.39, 0.29) is 5.54 Å². The summed E-state index contributed by atoms with van der Waals surface area (Å²) in [6.07, 6.45) is 10.5. The monoisotopic (exact) mass is 342 g/mol. The van der Waals surface area contributed by atoms with Crippen LogP contribution in [0.25, 0.3) is 10.9 Å². The number of nitrogens with one attached hydrogen (secondary N) is 1. The number of hydrogen-bond acceptors (Lipinski definition) is 1. The second-order valence-corrected chi connectivity index (χ2v) is 7.67. The molecule has 0 unspecified atom stereocenters. The van der Waals surface area contributed by atoms with Gasteiger partial charge < -0.3 is 4.98 Å².